The van der Waals surface area contributed by atoms with Crippen molar-refractivity contribution in [1.29, 1.82) is 0 Å². The summed E-state index contributed by atoms with van der Waals surface area (Å²) in [6.07, 6.45) is 1.33. The standard InChI is InChI=1S/C22H17BrN4O3S/c1-13-18-21(31-19(13)20(29)25-14-7-3-2-4-8-14)24-12-27(22(18)30)11-17(28)26-16-10-6-5-9-15(16)23/h2-10,12H,11H2,1H3,(H,25,29)(H,26,28). The number of carbonyl (C=O) groups is 2. The molecule has 0 saturated heterocycles. The van der Waals surface area contributed by atoms with Gasteiger partial charge in [-0.2, -0.15) is 0 Å². The van der Waals surface area contributed by atoms with E-state index in [0.29, 0.717) is 32.0 Å². The van der Waals surface area contributed by atoms with Crippen molar-refractivity contribution in [3.05, 3.63) is 86.2 Å². The van der Waals surface area contributed by atoms with Crippen LogP contribution in [0.3, 0.4) is 0 Å². The molecule has 9 heteroatoms. The molecule has 0 aliphatic rings. The smallest absolute Gasteiger partial charge is 0.266 e. The van der Waals surface area contributed by atoms with Gasteiger partial charge in [0.05, 0.1) is 22.3 Å². The zero-order valence-corrected chi connectivity index (χ0v) is 18.8. The Hall–Kier alpha value is -3.30. The van der Waals surface area contributed by atoms with Gasteiger partial charge in [0, 0.05) is 10.2 Å². The fourth-order valence-corrected chi connectivity index (χ4v) is 4.52. The average molecular weight is 497 g/mol. The molecule has 0 fully saturated rings. The fraction of sp³-hybridized carbons (Fsp3) is 0.0909. The lowest BCUT2D eigenvalue weighted by molar-refractivity contribution is -0.116. The van der Waals surface area contributed by atoms with Gasteiger partial charge in [-0.1, -0.05) is 30.3 Å². The fourth-order valence-electron chi connectivity index (χ4n) is 3.10. The monoisotopic (exact) mass is 496 g/mol. The molecular weight excluding hydrogens is 480 g/mol. The van der Waals surface area contributed by atoms with Crippen molar-refractivity contribution >= 4 is 60.7 Å². The summed E-state index contributed by atoms with van der Waals surface area (Å²) < 4.78 is 1.99. The molecule has 2 amide bonds. The van der Waals surface area contributed by atoms with Crippen molar-refractivity contribution in [2.75, 3.05) is 10.6 Å². The summed E-state index contributed by atoms with van der Waals surface area (Å²) in [5.74, 6) is -0.658. The Kier molecular flexibility index (Phi) is 5.97. The molecule has 0 aliphatic carbocycles. The summed E-state index contributed by atoms with van der Waals surface area (Å²) in [5, 5.41) is 5.94. The Labute approximate surface area is 189 Å². The minimum absolute atomic E-state index is 0.191. The molecule has 0 spiro atoms. The molecule has 0 atom stereocenters. The molecule has 0 radical (unpaired) electrons. The maximum atomic E-state index is 13.0. The van der Waals surface area contributed by atoms with Crippen molar-refractivity contribution in [2.24, 2.45) is 0 Å². The highest BCUT2D eigenvalue weighted by molar-refractivity contribution is 9.10. The second-order valence-corrected chi connectivity index (χ2v) is 8.62. The number of para-hydroxylation sites is 2. The number of thiophene rings is 1. The Morgan fingerprint density at radius 1 is 1.06 bits per heavy atom. The third kappa shape index (κ3) is 4.42. The van der Waals surface area contributed by atoms with E-state index in [1.54, 1.807) is 31.2 Å². The molecule has 0 bridgehead atoms. The number of fused-ring (bicyclic) bond motifs is 1. The number of nitrogens with zero attached hydrogens (tertiary/aromatic N) is 2. The maximum absolute atomic E-state index is 13.0. The van der Waals surface area contributed by atoms with Crippen LogP contribution in [0.5, 0.6) is 0 Å². The van der Waals surface area contributed by atoms with E-state index in [2.05, 4.69) is 31.5 Å². The number of halogens is 1. The van der Waals surface area contributed by atoms with Crippen LogP contribution in [0.1, 0.15) is 15.2 Å². The van der Waals surface area contributed by atoms with Crippen LogP contribution in [0.4, 0.5) is 11.4 Å². The van der Waals surface area contributed by atoms with Gasteiger partial charge < -0.3 is 10.6 Å². The third-order valence-electron chi connectivity index (χ3n) is 4.62. The zero-order valence-electron chi connectivity index (χ0n) is 16.4. The maximum Gasteiger partial charge on any atom is 0.266 e. The second-order valence-electron chi connectivity index (χ2n) is 6.76. The Morgan fingerprint density at radius 3 is 2.52 bits per heavy atom. The van der Waals surface area contributed by atoms with Gasteiger partial charge in [0.15, 0.2) is 0 Å². The number of benzene rings is 2. The lowest BCUT2D eigenvalue weighted by Crippen LogP contribution is -2.28. The Balaban J connectivity index is 1.59. The molecule has 0 aliphatic heterocycles. The Bertz CT molecular complexity index is 1350. The van der Waals surface area contributed by atoms with E-state index < -0.39 is 0 Å². The van der Waals surface area contributed by atoms with Crippen LogP contribution < -0.4 is 16.2 Å². The first kappa shape index (κ1) is 21.0. The summed E-state index contributed by atoms with van der Waals surface area (Å²) in [6.45, 7) is 1.53. The van der Waals surface area contributed by atoms with Crippen molar-refractivity contribution in [3.8, 4) is 0 Å². The van der Waals surface area contributed by atoms with Crippen LogP contribution in [0.15, 0.2) is 70.2 Å². The minimum Gasteiger partial charge on any atom is -0.324 e. The molecule has 7 nitrogen and oxygen atoms in total. The van der Waals surface area contributed by atoms with E-state index in [4.69, 9.17) is 0 Å². The predicted molar refractivity (Wildman–Crippen MR) is 126 cm³/mol. The highest BCUT2D eigenvalue weighted by Crippen LogP contribution is 2.27. The molecule has 2 heterocycles. The molecule has 156 valence electrons. The van der Waals surface area contributed by atoms with Crippen LogP contribution in [-0.4, -0.2) is 21.4 Å². The lowest BCUT2D eigenvalue weighted by Gasteiger charge is -2.08. The topological polar surface area (TPSA) is 93.1 Å². The van der Waals surface area contributed by atoms with Gasteiger partial charge in [0.1, 0.15) is 11.4 Å². The number of rotatable bonds is 5. The van der Waals surface area contributed by atoms with Gasteiger partial charge in [0.2, 0.25) is 5.91 Å². The Morgan fingerprint density at radius 2 is 1.77 bits per heavy atom. The first-order chi connectivity index (χ1) is 14.9. The number of hydrogen-bond acceptors (Lipinski definition) is 5. The van der Waals surface area contributed by atoms with E-state index in [1.165, 1.54) is 10.9 Å². The normalized spacial score (nSPS) is 10.8. The van der Waals surface area contributed by atoms with Crippen molar-refractivity contribution in [2.45, 2.75) is 13.5 Å². The average Bonchev–Trinajstić information content (AvgIpc) is 3.10. The number of aromatic nitrogens is 2. The minimum atomic E-state index is -0.361. The van der Waals surface area contributed by atoms with Crippen LogP contribution >= 0.6 is 27.3 Å². The molecule has 2 N–H and O–H groups in total. The summed E-state index contributed by atoms with van der Waals surface area (Å²) in [4.78, 5) is 43.3. The molecule has 4 aromatic rings. The van der Waals surface area contributed by atoms with E-state index in [-0.39, 0.29) is 23.9 Å². The third-order valence-corrected chi connectivity index (χ3v) is 6.51. The van der Waals surface area contributed by atoms with Gasteiger partial charge in [-0.15, -0.1) is 11.3 Å². The number of carbonyl (C=O) groups excluding carboxylic acids is 2. The number of anilines is 2. The van der Waals surface area contributed by atoms with E-state index in [0.717, 1.165) is 15.8 Å². The van der Waals surface area contributed by atoms with Gasteiger partial charge in [0.25, 0.3) is 11.5 Å². The lowest BCUT2D eigenvalue weighted by atomic mass is 10.2. The molecule has 0 saturated carbocycles. The van der Waals surface area contributed by atoms with Crippen LogP contribution in [0, 0.1) is 6.92 Å². The zero-order chi connectivity index (χ0) is 22.0. The summed E-state index contributed by atoms with van der Waals surface area (Å²) in [5.41, 5.74) is 1.46. The highest BCUT2D eigenvalue weighted by atomic mass is 79.9. The number of nitrogens with one attached hydrogen (secondary N) is 2. The molecule has 31 heavy (non-hydrogen) atoms. The molecule has 0 unspecified atom stereocenters. The largest absolute Gasteiger partial charge is 0.324 e. The molecule has 4 rings (SSSR count). The van der Waals surface area contributed by atoms with E-state index in [1.807, 2.05) is 30.3 Å². The summed E-state index contributed by atoms with van der Waals surface area (Å²) >= 11 is 4.53. The van der Waals surface area contributed by atoms with Crippen molar-refractivity contribution < 1.29 is 9.59 Å². The molecule has 2 aromatic heterocycles. The molecule has 2 aromatic carbocycles. The first-order valence-electron chi connectivity index (χ1n) is 9.33. The van der Waals surface area contributed by atoms with Gasteiger partial charge in [-0.25, -0.2) is 4.98 Å². The molecular formula is C22H17BrN4O3S. The summed E-state index contributed by atoms with van der Waals surface area (Å²) in [6, 6.07) is 16.3. The van der Waals surface area contributed by atoms with Gasteiger partial charge in [-0.05, 0) is 52.7 Å². The predicted octanol–water partition coefficient (Wildman–Crippen LogP) is 4.42. The number of hydrogen-bond donors (Lipinski definition) is 2. The quantitative estimate of drug-likeness (QED) is 0.427. The first-order valence-corrected chi connectivity index (χ1v) is 10.9. The van der Waals surface area contributed by atoms with Gasteiger partial charge in [-0.3, -0.25) is 19.0 Å². The number of aryl methyl sites for hydroxylation is 1. The SMILES string of the molecule is Cc1c(C(=O)Nc2ccccc2)sc2ncn(CC(=O)Nc3ccccc3Br)c(=O)c12. The summed E-state index contributed by atoms with van der Waals surface area (Å²) in [7, 11) is 0. The second kappa shape index (κ2) is 8.83. The highest BCUT2D eigenvalue weighted by Gasteiger charge is 2.20. The van der Waals surface area contributed by atoms with E-state index >= 15 is 0 Å². The van der Waals surface area contributed by atoms with E-state index in [9.17, 15) is 14.4 Å². The van der Waals surface area contributed by atoms with Crippen molar-refractivity contribution in [3.63, 3.8) is 0 Å². The van der Waals surface area contributed by atoms with Crippen molar-refractivity contribution in [1.82, 2.24) is 9.55 Å². The van der Waals surface area contributed by atoms with Gasteiger partial charge >= 0.3 is 0 Å². The van der Waals surface area contributed by atoms with Crippen LogP contribution in [-0.2, 0) is 11.3 Å². The van der Waals surface area contributed by atoms with Crippen LogP contribution in [0.2, 0.25) is 0 Å². The van der Waals surface area contributed by atoms with Crippen LogP contribution in [0.25, 0.3) is 10.2 Å². The number of amides is 2.